The summed E-state index contributed by atoms with van der Waals surface area (Å²) in [6.07, 6.45) is 1.65. The zero-order valence-electron chi connectivity index (χ0n) is 20.6. The molecule has 4 rings (SSSR count). The van der Waals surface area contributed by atoms with E-state index in [-0.39, 0.29) is 42.3 Å². The molecule has 0 saturated carbocycles. The van der Waals surface area contributed by atoms with Crippen molar-refractivity contribution in [1.82, 2.24) is 19.5 Å². The van der Waals surface area contributed by atoms with Gasteiger partial charge in [-0.1, -0.05) is 32.0 Å². The van der Waals surface area contributed by atoms with Gasteiger partial charge >= 0.3 is 11.9 Å². The van der Waals surface area contributed by atoms with Crippen LogP contribution >= 0.6 is 0 Å². The minimum absolute atomic E-state index is 0.132. The van der Waals surface area contributed by atoms with Gasteiger partial charge in [-0.3, -0.25) is 19.1 Å². The Bertz CT molecular complexity index is 1250. The molecule has 11 nitrogen and oxygen atoms in total. The number of ether oxygens (including phenoxy) is 3. The van der Waals surface area contributed by atoms with Gasteiger partial charge in [-0.05, 0) is 18.1 Å². The highest BCUT2D eigenvalue weighted by Gasteiger charge is 2.37. The molecule has 1 saturated heterocycles. The lowest BCUT2D eigenvalue weighted by atomic mass is 9.99. The first-order valence-electron chi connectivity index (χ1n) is 12.0. The van der Waals surface area contributed by atoms with E-state index in [4.69, 9.17) is 14.2 Å². The van der Waals surface area contributed by atoms with Crippen molar-refractivity contribution in [2.75, 3.05) is 25.1 Å². The van der Waals surface area contributed by atoms with Crippen molar-refractivity contribution in [2.45, 2.75) is 45.9 Å². The molecule has 1 fully saturated rings. The number of imidazole rings is 1. The first-order chi connectivity index (χ1) is 17.3. The molecule has 2 aromatic heterocycles. The third-order valence-corrected chi connectivity index (χ3v) is 5.93. The highest BCUT2D eigenvalue weighted by Crippen LogP contribution is 2.36. The summed E-state index contributed by atoms with van der Waals surface area (Å²) in [5.74, 6) is -0.191. The van der Waals surface area contributed by atoms with Crippen LogP contribution in [0, 0.1) is 11.8 Å². The lowest BCUT2D eigenvalue weighted by Gasteiger charge is -2.18. The first-order valence-corrected chi connectivity index (χ1v) is 12.0. The number of anilines is 1. The normalized spacial score (nSPS) is 19.5. The number of aromatic amines is 1. The van der Waals surface area contributed by atoms with Crippen LogP contribution in [0.1, 0.15) is 50.2 Å². The van der Waals surface area contributed by atoms with Crippen LogP contribution < -0.4 is 10.9 Å². The number of H-pyrrole nitrogens is 1. The number of nitrogens with one attached hydrogen (secondary N) is 2. The number of nitrogens with zero attached hydrogens (tertiary/aromatic N) is 3. The number of hydrogen-bond donors (Lipinski definition) is 2. The first kappa shape index (κ1) is 25.4. The summed E-state index contributed by atoms with van der Waals surface area (Å²) < 4.78 is 18.7. The summed E-state index contributed by atoms with van der Waals surface area (Å²) in [5.41, 5.74) is 0.744. The molecule has 1 aromatic carbocycles. The van der Waals surface area contributed by atoms with E-state index < -0.39 is 12.2 Å². The summed E-state index contributed by atoms with van der Waals surface area (Å²) in [5, 5.41) is 3.13. The van der Waals surface area contributed by atoms with Gasteiger partial charge in [0.2, 0.25) is 5.95 Å². The molecule has 1 aliphatic heterocycles. The molecule has 3 atom stereocenters. The molecule has 0 amide bonds. The van der Waals surface area contributed by atoms with Gasteiger partial charge in [-0.25, -0.2) is 9.78 Å². The van der Waals surface area contributed by atoms with Crippen LogP contribution in [0.25, 0.3) is 11.2 Å². The van der Waals surface area contributed by atoms with E-state index in [1.807, 2.05) is 6.07 Å². The molecule has 2 N–H and O–H groups in total. The van der Waals surface area contributed by atoms with Gasteiger partial charge in [-0.15, -0.1) is 0 Å². The molecule has 0 radical (unpaired) electrons. The maximum atomic E-state index is 12.5. The van der Waals surface area contributed by atoms with Gasteiger partial charge in [0.05, 0.1) is 31.2 Å². The van der Waals surface area contributed by atoms with E-state index in [1.54, 1.807) is 28.8 Å². The van der Waals surface area contributed by atoms with E-state index in [9.17, 15) is 14.4 Å². The fourth-order valence-corrected chi connectivity index (χ4v) is 4.11. The third-order valence-electron chi connectivity index (χ3n) is 5.93. The average molecular weight is 498 g/mol. The fourth-order valence-electron chi connectivity index (χ4n) is 4.11. The lowest BCUT2D eigenvalue weighted by Crippen LogP contribution is -2.24. The van der Waals surface area contributed by atoms with Crippen molar-refractivity contribution in [2.24, 2.45) is 11.8 Å². The quantitative estimate of drug-likeness (QED) is 0.405. The second-order valence-electron chi connectivity index (χ2n) is 9.23. The smallest absolute Gasteiger partial charge is 0.338 e. The number of benzene rings is 1. The van der Waals surface area contributed by atoms with Crippen LogP contribution in [0.3, 0.4) is 0 Å². The Labute approximate surface area is 208 Å². The van der Waals surface area contributed by atoms with Crippen LogP contribution in [0.15, 0.2) is 41.5 Å². The Morgan fingerprint density at radius 2 is 2.03 bits per heavy atom. The molecular formula is C25H31N5O6. The van der Waals surface area contributed by atoms with Gasteiger partial charge in [0.15, 0.2) is 11.2 Å². The van der Waals surface area contributed by atoms with Gasteiger partial charge in [0, 0.05) is 32.2 Å². The summed E-state index contributed by atoms with van der Waals surface area (Å²) in [4.78, 5) is 47.8. The van der Waals surface area contributed by atoms with Gasteiger partial charge < -0.3 is 19.5 Å². The summed E-state index contributed by atoms with van der Waals surface area (Å²) in [6.45, 7) is 6.44. The highest BCUT2D eigenvalue weighted by atomic mass is 16.6. The van der Waals surface area contributed by atoms with E-state index in [2.05, 4.69) is 34.1 Å². The third kappa shape index (κ3) is 6.09. The summed E-state index contributed by atoms with van der Waals surface area (Å²) >= 11 is 0. The number of hydrogen-bond acceptors (Lipinski definition) is 9. The van der Waals surface area contributed by atoms with E-state index in [0.717, 1.165) is 0 Å². The van der Waals surface area contributed by atoms with Crippen LogP contribution in [0.4, 0.5) is 5.95 Å². The van der Waals surface area contributed by atoms with Crippen molar-refractivity contribution in [1.29, 1.82) is 0 Å². The molecular weight excluding hydrogens is 466 g/mol. The zero-order valence-corrected chi connectivity index (χ0v) is 20.6. The standard InChI is InChI=1S/C25H31N5O6/c1-15(2)12-26-25-28-22-21(23(32)29-25)27-14-30(22)20-11-18(13-35-16(3)31)19(36-20)9-10-34-24(33)17-7-5-4-6-8-17/h4-8,14-15,18-20H,9-13H2,1-3H3,(H2,26,28,29,32)/t18-,19-,20?/m1/s1. The molecule has 1 aliphatic rings. The number of rotatable bonds is 10. The average Bonchev–Trinajstić information content (AvgIpc) is 3.46. The van der Waals surface area contributed by atoms with Gasteiger partial charge in [-0.2, -0.15) is 4.98 Å². The molecule has 3 heterocycles. The molecule has 3 aromatic rings. The molecule has 0 bridgehead atoms. The van der Waals surface area contributed by atoms with Crippen LogP contribution in [-0.2, 0) is 19.0 Å². The molecule has 192 valence electrons. The minimum Gasteiger partial charge on any atom is -0.465 e. The predicted octanol–water partition coefficient (Wildman–Crippen LogP) is 2.90. The van der Waals surface area contributed by atoms with Crippen molar-refractivity contribution < 1.29 is 23.8 Å². The summed E-state index contributed by atoms with van der Waals surface area (Å²) in [7, 11) is 0. The van der Waals surface area contributed by atoms with Gasteiger partial charge in [0.25, 0.3) is 5.56 Å². The zero-order chi connectivity index (χ0) is 25.7. The maximum Gasteiger partial charge on any atom is 0.338 e. The Kier molecular flexibility index (Phi) is 7.99. The Hall–Kier alpha value is -3.73. The molecule has 36 heavy (non-hydrogen) atoms. The molecule has 11 heteroatoms. The van der Waals surface area contributed by atoms with Crippen molar-refractivity contribution in [3.63, 3.8) is 0 Å². The van der Waals surface area contributed by atoms with Crippen LogP contribution in [-0.4, -0.2) is 57.3 Å². The number of carbonyl (C=O) groups is 2. The monoisotopic (exact) mass is 497 g/mol. The van der Waals surface area contributed by atoms with E-state index in [0.29, 0.717) is 42.5 Å². The van der Waals surface area contributed by atoms with Crippen LogP contribution in [0.5, 0.6) is 0 Å². The Morgan fingerprint density at radius 1 is 1.25 bits per heavy atom. The number of fused-ring (bicyclic) bond motifs is 1. The number of aromatic nitrogens is 4. The maximum absolute atomic E-state index is 12.5. The number of carbonyl (C=O) groups excluding carboxylic acids is 2. The topological polar surface area (TPSA) is 137 Å². The van der Waals surface area contributed by atoms with Gasteiger partial charge in [0.1, 0.15) is 6.23 Å². The Morgan fingerprint density at radius 3 is 2.75 bits per heavy atom. The minimum atomic E-state index is -0.474. The summed E-state index contributed by atoms with van der Waals surface area (Å²) in [6, 6.07) is 8.76. The van der Waals surface area contributed by atoms with Crippen molar-refractivity contribution >= 4 is 29.1 Å². The lowest BCUT2D eigenvalue weighted by molar-refractivity contribution is -0.142. The van der Waals surface area contributed by atoms with E-state index in [1.165, 1.54) is 13.3 Å². The molecule has 1 unspecified atom stereocenters. The largest absolute Gasteiger partial charge is 0.465 e. The van der Waals surface area contributed by atoms with Crippen molar-refractivity contribution in [3.05, 3.63) is 52.6 Å². The Balaban J connectivity index is 1.48. The van der Waals surface area contributed by atoms with Crippen molar-refractivity contribution in [3.8, 4) is 0 Å². The second kappa shape index (κ2) is 11.3. The van der Waals surface area contributed by atoms with E-state index >= 15 is 0 Å². The highest BCUT2D eigenvalue weighted by molar-refractivity contribution is 5.89. The predicted molar refractivity (Wildman–Crippen MR) is 131 cm³/mol. The second-order valence-corrected chi connectivity index (χ2v) is 9.23. The SMILES string of the molecule is CC(=O)OC[C@H]1CC(n2cnc3c(=O)[nH]c(NCC(C)C)nc32)O[C@@H]1CCOC(=O)c1ccccc1. The number of esters is 2. The van der Waals surface area contributed by atoms with Crippen LogP contribution in [0.2, 0.25) is 0 Å². The fraction of sp³-hybridized carbons (Fsp3) is 0.480. The molecule has 0 aliphatic carbocycles. The molecule has 0 spiro atoms.